The van der Waals surface area contributed by atoms with Crippen LogP contribution in [0.4, 0.5) is 0 Å². The smallest absolute Gasteiger partial charge is 0.254 e. The molecule has 122 valence electrons. The van der Waals surface area contributed by atoms with Crippen molar-refractivity contribution in [1.82, 2.24) is 9.80 Å². The van der Waals surface area contributed by atoms with E-state index >= 15 is 0 Å². The number of hydrogen-bond donors (Lipinski definition) is 0. The lowest BCUT2D eigenvalue weighted by atomic mass is 10.1. The van der Waals surface area contributed by atoms with Crippen molar-refractivity contribution >= 4 is 11.8 Å². The number of morpholine rings is 1. The highest BCUT2D eigenvalue weighted by molar-refractivity contribution is 5.98. The lowest BCUT2D eigenvalue weighted by Gasteiger charge is -2.39. The molecule has 2 saturated heterocycles. The van der Waals surface area contributed by atoms with Crippen LogP contribution in [-0.4, -0.2) is 66.3 Å². The minimum atomic E-state index is -0.533. The molecule has 1 unspecified atom stereocenters. The Balaban J connectivity index is 1.63. The van der Waals surface area contributed by atoms with E-state index in [4.69, 9.17) is 9.47 Å². The fourth-order valence-electron chi connectivity index (χ4n) is 3.48. The first-order valence-electron chi connectivity index (χ1n) is 8.04. The maximum atomic E-state index is 12.9. The van der Waals surface area contributed by atoms with Gasteiger partial charge in [0.2, 0.25) is 5.91 Å². The number of nitrogens with zero attached hydrogens (tertiary/aromatic N) is 2. The van der Waals surface area contributed by atoms with Gasteiger partial charge in [-0.1, -0.05) is 18.2 Å². The van der Waals surface area contributed by atoms with Crippen molar-refractivity contribution in [3.63, 3.8) is 0 Å². The van der Waals surface area contributed by atoms with Crippen LogP contribution >= 0.6 is 0 Å². The standard InChI is InChI=1S/C17H20N2O4/c1-22-14-10-19(16(20)11-5-3-2-4-6-11)15-13(23-14)9-18(17(15)21)12-7-8-12/h2-6,12-15H,7-10H2,1H3/t13-,14-,15?/m1/s1. The number of fused-ring (bicyclic) bond motifs is 1. The van der Waals surface area contributed by atoms with Crippen molar-refractivity contribution in [3.8, 4) is 0 Å². The molecule has 0 aromatic heterocycles. The van der Waals surface area contributed by atoms with Gasteiger partial charge in [-0.3, -0.25) is 9.59 Å². The van der Waals surface area contributed by atoms with Crippen LogP contribution in [0.1, 0.15) is 23.2 Å². The molecule has 1 aromatic rings. The number of likely N-dealkylation sites (tertiary alicyclic amines) is 1. The molecule has 0 N–H and O–H groups in total. The minimum absolute atomic E-state index is 0.0105. The van der Waals surface area contributed by atoms with Crippen LogP contribution in [-0.2, 0) is 14.3 Å². The lowest BCUT2D eigenvalue weighted by Crippen LogP contribution is -2.58. The Hall–Kier alpha value is -1.92. The van der Waals surface area contributed by atoms with Crippen LogP contribution in [0.25, 0.3) is 0 Å². The highest BCUT2D eigenvalue weighted by Crippen LogP contribution is 2.35. The first kappa shape index (κ1) is 14.7. The molecule has 3 aliphatic rings. The third-order valence-corrected chi connectivity index (χ3v) is 4.81. The van der Waals surface area contributed by atoms with Crippen molar-refractivity contribution in [2.45, 2.75) is 37.3 Å². The van der Waals surface area contributed by atoms with E-state index in [1.807, 2.05) is 23.1 Å². The predicted molar refractivity (Wildman–Crippen MR) is 81.7 cm³/mol. The number of hydrogen-bond acceptors (Lipinski definition) is 4. The van der Waals surface area contributed by atoms with Crippen LogP contribution < -0.4 is 0 Å². The summed E-state index contributed by atoms with van der Waals surface area (Å²) in [5, 5.41) is 0. The van der Waals surface area contributed by atoms with E-state index in [9.17, 15) is 9.59 Å². The van der Waals surface area contributed by atoms with E-state index in [0.717, 1.165) is 12.8 Å². The summed E-state index contributed by atoms with van der Waals surface area (Å²) in [6, 6.07) is 8.85. The van der Waals surface area contributed by atoms with Crippen LogP contribution in [0.5, 0.6) is 0 Å². The second kappa shape index (κ2) is 5.62. The highest BCUT2D eigenvalue weighted by atomic mass is 16.7. The largest absolute Gasteiger partial charge is 0.354 e. The molecule has 1 aliphatic carbocycles. The van der Waals surface area contributed by atoms with Gasteiger partial charge in [0, 0.05) is 25.3 Å². The van der Waals surface area contributed by atoms with Gasteiger partial charge in [-0.2, -0.15) is 0 Å². The van der Waals surface area contributed by atoms with Crippen LogP contribution in [0.15, 0.2) is 30.3 Å². The molecule has 6 heteroatoms. The second-order valence-corrected chi connectivity index (χ2v) is 6.33. The number of amides is 2. The summed E-state index contributed by atoms with van der Waals surface area (Å²) in [5.74, 6) is -0.131. The van der Waals surface area contributed by atoms with Gasteiger partial charge >= 0.3 is 0 Å². The fourth-order valence-corrected chi connectivity index (χ4v) is 3.48. The van der Waals surface area contributed by atoms with E-state index in [1.165, 1.54) is 0 Å². The minimum Gasteiger partial charge on any atom is -0.354 e. The van der Waals surface area contributed by atoms with Crippen molar-refractivity contribution < 1.29 is 19.1 Å². The third kappa shape index (κ3) is 2.52. The summed E-state index contributed by atoms with van der Waals surface area (Å²) in [4.78, 5) is 29.2. The van der Waals surface area contributed by atoms with Gasteiger partial charge in [0.1, 0.15) is 12.1 Å². The zero-order chi connectivity index (χ0) is 16.0. The number of methoxy groups -OCH3 is 1. The van der Waals surface area contributed by atoms with Gasteiger partial charge in [0.15, 0.2) is 6.29 Å². The lowest BCUT2D eigenvalue weighted by molar-refractivity contribution is -0.198. The summed E-state index contributed by atoms with van der Waals surface area (Å²) >= 11 is 0. The Morgan fingerprint density at radius 3 is 2.61 bits per heavy atom. The van der Waals surface area contributed by atoms with Gasteiger partial charge in [0.05, 0.1) is 6.54 Å². The SMILES string of the molecule is CO[C@H]1CN(C(=O)c2ccccc2)C2C(=O)N(C3CC3)C[C@H]2O1. The quantitative estimate of drug-likeness (QED) is 0.830. The molecular formula is C17H20N2O4. The number of carbonyl (C=O) groups is 2. The molecule has 0 spiro atoms. The Labute approximate surface area is 134 Å². The predicted octanol–water partition coefficient (Wildman–Crippen LogP) is 0.873. The maximum Gasteiger partial charge on any atom is 0.254 e. The van der Waals surface area contributed by atoms with Gasteiger partial charge in [-0.15, -0.1) is 0 Å². The summed E-state index contributed by atoms with van der Waals surface area (Å²) in [7, 11) is 1.56. The van der Waals surface area contributed by atoms with Crippen LogP contribution in [0.3, 0.4) is 0 Å². The molecule has 1 aromatic carbocycles. The molecule has 3 fully saturated rings. The Kier molecular flexibility index (Phi) is 3.58. The number of rotatable bonds is 3. The zero-order valence-electron chi connectivity index (χ0n) is 13.1. The zero-order valence-corrected chi connectivity index (χ0v) is 13.1. The number of benzene rings is 1. The van der Waals surface area contributed by atoms with E-state index in [-0.39, 0.29) is 24.5 Å². The van der Waals surface area contributed by atoms with Gasteiger partial charge in [-0.05, 0) is 25.0 Å². The Morgan fingerprint density at radius 2 is 1.96 bits per heavy atom. The molecule has 0 bridgehead atoms. The molecule has 2 aliphatic heterocycles. The average Bonchev–Trinajstić information content (AvgIpc) is 3.38. The summed E-state index contributed by atoms with van der Waals surface area (Å²) < 4.78 is 11.2. The Morgan fingerprint density at radius 1 is 1.22 bits per heavy atom. The molecule has 4 rings (SSSR count). The van der Waals surface area contributed by atoms with E-state index in [1.54, 1.807) is 24.1 Å². The number of ether oxygens (including phenoxy) is 2. The molecule has 0 radical (unpaired) electrons. The van der Waals surface area contributed by atoms with Crippen molar-refractivity contribution in [2.75, 3.05) is 20.2 Å². The fraction of sp³-hybridized carbons (Fsp3) is 0.529. The van der Waals surface area contributed by atoms with Crippen molar-refractivity contribution in [1.29, 1.82) is 0 Å². The normalized spacial score (nSPS) is 30.5. The van der Waals surface area contributed by atoms with Gasteiger partial charge < -0.3 is 19.3 Å². The van der Waals surface area contributed by atoms with Gasteiger partial charge in [-0.25, -0.2) is 0 Å². The summed E-state index contributed by atoms with van der Waals surface area (Å²) in [5.41, 5.74) is 0.584. The Bertz CT molecular complexity index is 616. The monoisotopic (exact) mass is 316 g/mol. The van der Waals surface area contributed by atoms with Gasteiger partial charge in [0.25, 0.3) is 5.91 Å². The van der Waals surface area contributed by atoms with Crippen molar-refractivity contribution in [2.24, 2.45) is 0 Å². The molecular weight excluding hydrogens is 296 g/mol. The molecule has 2 amide bonds. The first-order valence-corrected chi connectivity index (χ1v) is 8.04. The van der Waals surface area contributed by atoms with E-state index in [2.05, 4.69) is 0 Å². The van der Waals surface area contributed by atoms with Crippen LogP contribution in [0, 0.1) is 0 Å². The second-order valence-electron chi connectivity index (χ2n) is 6.33. The van der Waals surface area contributed by atoms with Crippen LogP contribution in [0.2, 0.25) is 0 Å². The molecule has 3 atom stereocenters. The highest BCUT2D eigenvalue weighted by Gasteiger charge is 2.53. The average molecular weight is 316 g/mol. The third-order valence-electron chi connectivity index (χ3n) is 4.81. The van der Waals surface area contributed by atoms with Crippen molar-refractivity contribution in [3.05, 3.63) is 35.9 Å². The summed E-state index contributed by atoms with van der Waals surface area (Å²) in [6.07, 6.45) is 1.29. The molecule has 23 heavy (non-hydrogen) atoms. The number of carbonyl (C=O) groups excluding carboxylic acids is 2. The summed E-state index contributed by atoms with van der Waals surface area (Å²) in [6.45, 7) is 0.822. The maximum absolute atomic E-state index is 12.9. The first-order chi connectivity index (χ1) is 11.2. The molecule has 1 saturated carbocycles. The van der Waals surface area contributed by atoms with E-state index in [0.29, 0.717) is 18.2 Å². The molecule has 2 heterocycles. The molecule has 6 nitrogen and oxygen atoms in total. The topological polar surface area (TPSA) is 59.1 Å². The van der Waals surface area contributed by atoms with E-state index < -0.39 is 12.3 Å².